The summed E-state index contributed by atoms with van der Waals surface area (Å²) in [7, 11) is 0. The standard InChI is InChI=1S/C50H97NO4/c1-3-5-7-9-11-13-15-17-19-21-23-24-25-27-28-30-32-34-36-38-40-42-44-48(53)50(55)47(46-52)51-49(54)45-43-41-39-37-35-33-31-29-26-22-20-18-16-14-12-10-8-6-4-2/h28,30,36,38,47-48,50,52-53,55H,3-27,29,31-35,37,39-46H2,1-2H3,(H,51,54)/b30-28+,38-36+. The average Bonchev–Trinajstić information content (AvgIpc) is 3.19. The second-order valence-corrected chi connectivity index (χ2v) is 17.0. The maximum absolute atomic E-state index is 12.5. The van der Waals surface area contributed by atoms with E-state index >= 15 is 0 Å². The molecule has 326 valence electrons. The van der Waals surface area contributed by atoms with Gasteiger partial charge in [0, 0.05) is 6.42 Å². The molecular formula is C50H97NO4. The predicted molar refractivity (Wildman–Crippen MR) is 241 cm³/mol. The number of amides is 1. The van der Waals surface area contributed by atoms with E-state index < -0.39 is 18.2 Å². The average molecular weight is 776 g/mol. The highest BCUT2D eigenvalue weighted by Gasteiger charge is 2.26. The second-order valence-electron chi connectivity index (χ2n) is 17.0. The van der Waals surface area contributed by atoms with Crippen molar-refractivity contribution in [3.8, 4) is 0 Å². The number of carbonyl (C=O) groups excluding carboxylic acids is 1. The van der Waals surface area contributed by atoms with Crippen molar-refractivity contribution in [2.45, 2.75) is 283 Å². The van der Waals surface area contributed by atoms with Gasteiger partial charge in [-0.05, 0) is 51.4 Å². The summed E-state index contributed by atoms with van der Waals surface area (Å²) >= 11 is 0. The van der Waals surface area contributed by atoms with Gasteiger partial charge in [0.2, 0.25) is 5.91 Å². The van der Waals surface area contributed by atoms with E-state index in [0.717, 1.165) is 44.9 Å². The van der Waals surface area contributed by atoms with Crippen LogP contribution in [0, 0.1) is 0 Å². The molecule has 0 saturated carbocycles. The fourth-order valence-corrected chi connectivity index (χ4v) is 7.71. The first kappa shape index (κ1) is 53.8. The normalized spacial score (nSPS) is 13.6. The Kier molecular flexibility index (Phi) is 44.6. The molecule has 0 saturated heterocycles. The molecule has 0 aliphatic rings. The van der Waals surface area contributed by atoms with Crippen LogP contribution >= 0.6 is 0 Å². The van der Waals surface area contributed by atoms with Crippen molar-refractivity contribution >= 4 is 5.91 Å². The van der Waals surface area contributed by atoms with E-state index in [0.29, 0.717) is 12.8 Å². The largest absolute Gasteiger partial charge is 0.394 e. The number of aliphatic hydroxyl groups excluding tert-OH is 3. The van der Waals surface area contributed by atoms with Crippen LogP contribution < -0.4 is 5.32 Å². The summed E-state index contributed by atoms with van der Waals surface area (Å²) in [6.45, 7) is 4.19. The third-order valence-electron chi connectivity index (χ3n) is 11.5. The van der Waals surface area contributed by atoms with Crippen LogP contribution in [-0.2, 0) is 4.79 Å². The molecule has 0 fully saturated rings. The number of hydrogen-bond donors (Lipinski definition) is 4. The third-order valence-corrected chi connectivity index (χ3v) is 11.5. The first-order valence-corrected chi connectivity index (χ1v) is 24.6. The lowest BCUT2D eigenvalue weighted by Gasteiger charge is -2.26. The molecule has 0 rings (SSSR count). The van der Waals surface area contributed by atoms with Gasteiger partial charge in [-0.1, -0.05) is 231 Å². The third kappa shape index (κ3) is 40.8. The Bertz CT molecular complexity index is 814. The number of nitrogens with one attached hydrogen (secondary N) is 1. The molecule has 4 N–H and O–H groups in total. The Balaban J connectivity index is 3.63. The molecule has 0 aromatic rings. The molecule has 0 radical (unpaired) electrons. The highest BCUT2D eigenvalue weighted by Crippen LogP contribution is 2.16. The zero-order chi connectivity index (χ0) is 40.1. The van der Waals surface area contributed by atoms with Crippen LogP contribution in [0.25, 0.3) is 0 Å². The molecule has 0 spiro atoms. The number of rotatable bonds is 45. The van der Waals surface area contributed by atoms with Gasteiger partial charge in [0.05, 0.1) is 18.8 Å². The van der Waals surface area contributed by atoms with E-state index in [4.69, 9.17) is 0 Å². The van der Waals surface area contributed by atoms with Crippen molar-refractivity contribution < 1.29 is 20.1 Å². The first-order chi connectivity index (χ1) is 27.1. The number of allylic oxidation sites excluding steroid dienone is 4. The molecule has 1 amide bonds. The Morgan fingerprint density at radius 3 is 1.11 bits per heavy atom. The van der Waals surface area contributed by atoms with Crippen molar-refractivity contribution in [1.82, 2.24) is 5.32 Å². The molecule has 0 aromatic carbocycles. The minimum atomic E-state index is -1.16. The summed E-state index contributed by atoms with van der Waals surface area (Å²) in [6, 6.07) is -0.829. The van der Waals surface area contributed by atoms with Crippen molar-refractivity contribution in [1.29, 1.82) is 0 Å². The quantitative estimate of drug-likeness (QED) is 0.0366. The van der Waals surface area contributed by atoms with Crippen molar-refractivity contribution in [3.63, 3.8) is 0 Å². The lowest BCUT2D eigenvalue weighted by molar-refractivity contribution is -0.124. The van der Waals surface area contributed by atoms with Crippen LogP contribution in [0.2, 0.25) is 0 Å². The molecule has 0 aliphatic carbocycles. The lowest BCUT2D eigenvalue weighted by Crippen LogP contribution is -2.50. The van der Waals surface area contributed by atoms with Gasteiger partial charge >= 0.3 is 0 Å². The van der Waals surface area contributed by atoms with Crippen molar-refractivity contribution in [3.05, 3.63) is 24.3 Å². The van der Waals surface area contributed by atoms with Crippen LogP contribution in [0.3, 0.4) is 0 Å². The topological polar surface area (TPSA) is 89.8 Å². The van der Waals surface area contributed by atoms with E-state index in [1.54, 1.807) is 0 Å². The molecule has 5 nitrogen and oxygen atoms in total. The second kappa shape index (κ2) is 45.5. The SMILES string of the molecule is CCCCCCCCCCCCCCC/C=C/CC/C=C/CCCC(O)C(O)C(CO)NC(=O)CCCCCCCCCCCCCCCCCCCCC. The first-order valence-electron chi connectivity index (χ1n) is 24.6. The van der Waals surface area contributed by atoms with Crippen LogP contribution in [0.4, 0.5) is 0 Å². The fraction of sp³-hybridized carbons (Fsp3) is 0.900. The van der Waals surface area contributed by atoms with Crippen LogP contribution in [0.1, 0.15) is 264 Å². The maximum atomic E-state index is 12.5. The van der Waals surface area contributed by atoms with Gasteiger partial charge in [-0.25, -0.2) is 0 Å². The maximum Gasteiger partial charge on any atom is 0.220 e. The van der Waals surface area contributed by atoms with E-state index in [1.807, 2.05) is 0 Å². The Hall–Kier alpha value is -1.17. The van der Waals surface area contributed by atoms with Crippen LogP contribution in [0.15, 0.2) is 24.3 Å². The van der Waals surface area contributed by atoms with Gasteiger partial charge in [-0.2, -0.15) is 0 Å². The summed E-state index contributed by atoms with van der Waals surface area (Å²) in [5, 5.41) is 33.6. The zero-order valence-electron chi connectivity index (χ0n) is 37.1. The lowest BCUT2D eigenvalue weighted by atomic mass is 10.0. The van der Waals surface area contributed by atoms with Crippen LogP contribution in [-0.4, -0.2) is 46.1 Å². The minimum absolute atomic E-state index is 0.154. The molecule has 0 heterocycles. The summed E-state index contributed by atoms with van der Waals surface area (Å²) in [6.07, 6.45) is 55.9. The van der Waals surface area contributed by atoms with Gasteiger partial charge in [-0.3, -0.25) is 4.79 Å². The van der Waals surface area contributed by atoms with Gasteiger partial charge in [0.15, 0.2) is 0 Å². The minimum Gasteiger partial charge on any atom is -0.394 e. The van der Waals surface area contributed by atoms with Crippen molar-refractivity contribution in [2.75, 3.05) is 6.61 Å². The van der Waals surface area contributed by atoms with E-state index in [-0.39, 0.29) is 12.5 Å². The van der Waals surface area contributed by atoms with Crippen molar-refractivity contribution in [2.24, 2.45) is 0 Å². The molecule has 5 heteroatoms. The molecule has 0 bridgehead atoms. The number of carbonyl (C=O) groups is 1. The molecule has 3 unspecified atom stereocenters. The van der Waals surface area contributed by atoms with Gasteiger partial charge in [0.1, 0.15) is 6.10 Å². The summed E-state index contributed by atoms with van der Waals surface area (Å²) in [4.78, 5) is 12.5. The molecular weight excluding hydrogens is 679 g/mol. The Morgan fingerprint density at radius 2 is 0.745 bits per heavy atom. The van der Waals surface area contributed by atoms with Gasteiger partial charge in [-0.15, -0.1) is 0 Å². The monoisotopic (exact) mass is 776 g/mol. The highest BCUT2D eigenvalue weighted by molar-refractivity contribution is 5.76. The summed E-state index contributed by atoms with van der Waals surface area (Å²) in [5.74, 6) is -0.154. The van der Waals surface area contributed by atoms with Crippen LogP contribution in [0.5, 0.6) is 0 Å². The molecule has 3 atom stereocenters. The smallest absolute Gasteiger partial charge is 0.220 e. The predicted octanol–water partition coefficient (Wildman–Crippen LogP) is 14.6. The summed E-state index contributed by atoms with van der Waals surface area (Å²) < 4.78 is 0. The summed E-state index contributed by atoms with van der Waals surface area (Å²) in [5.41, 5.74) is 0. The highest BCUT2D eigenvalue weighted by atomic mass is 16.3. The van der Waals surface area contributed by atoms with Gasteiger partial charge < -0.3 is 20.6 Å². The molecule has 55 heavy (non-hydrogen) atoms. The molecule has 0 aromatic heterocycles. The Morgan fingerprint density at radius 1 is 0.436 bits per heavy atom. The number of unbranched alkanes of at least 4 members (excludes halogenated alkanes) is 33. The molecule has 0 aliphatic heterocycles. The van der Waals surface area contributed by atoms with E-state index in [9.17, 15) is 20.1 Å². The fourth-order valence-electron chi connectivity index (χ4n) is 7.71. The zero-order valence-corrected chi connectivity index (χ0v) is 37.1. The number of aliphatic hydroxyl groups is 3. The Labute approximate surface area is 343 Å². The van der Waals surface area contributed by atoms with E-state index in [2.05, 4.69) is 43.5 Å². The number of hydrogen-bond acceptors (Lipinski definition) is 4. The van der Waals surface area contributed by atoms with E-state index in [1.165, 1.54) is 193 Å². The van der Waals surface area contributed by atoms with Gasteiger partial charge in [0.25, 0.3) is 0 Å².